The molecule has 1 amide bonds. The fraction of sp³-hybridized carbons (Fsp3) is 0.750. The summed E-state index contributed by atoms with van der Waals surface area (Å²) in [5.41, 5.74) is 0. The Balaban J connectivity index is 4.50. The van der Waals surface area contributed by atoms with Crippen molar-refractivity contribution in [2.45, 2.75) is 31.5 Å². The van der Waals surface area contributed by atoms with Gasteiger partial charge in [0.25, 0.3) is 0 Å². The number of carbonyl (C=O) groups excluding carboxylic acids is 2. The maximum Gasteiger partial charge on any atom is 0.463 e. The smallest absolute Gasteiger partial charge is 0.348 e. The molecule has 0 saturated heterocycles. The minimum absolute atomic E-state index is 0.407. The predicted octanol–water partition coefficient (Wildman–Crippen LogP) is 1.89. The van der Waals surface area contributed by atoms with Crippen molar-refractivity contribution in [3.05, 3.63) is 0 Å². The van der Waals surface area contributed by atoms with Gasteiger partial charge in [-0.3, -0.25) is 9.59 Å². The third kappa shape index (κ3) is 4.45. The van der Waals surface area contributed by atoms with Crippen LogP contribution in [0, 0.1) is 0 Å². The van der Waals surface area contributed by atoms with Gasteiger partial charge < -0.3 is 5.32 Å². The Kier molecular flexibility index (Phi) is 5.31. The zero-order valence-electron chi connectivity index (χ0n) is 8.58. The van der Waals surface area contributed by atoms with Gasteiger partial charge in [0, 0.05) is 12.5 Å². The fourth-order valence-electron chi connectivity index (χ4n) is 0.890. The van der Waals surface area contributed by atoms with Crippen molar-refractivity contribution in [3.8, 4) is 0 Å². The summed E-state index contributed by atoms with van der Waals surface area (Å²) in [7, 11) is 0. The molecule has 100 valence electrons. The molecule has 1 atom stereocenters. The number of halogens is 6. The van der Waals surface area contributed by atoms with E-state index in [1.165, 1.54) is 5.32 Å². The molecule has 0 saturated carbocycles. The zero-order chi connectivity index (χ0) is 13.9. The lowest BCUT2D eigenvalue weighted by atomic mass is 10.1. The Morgan fingerprint density at radius 3 is 2.06 bits per heavy atom. The van der Waals surface area contributed by atoms with E-state index in [2.05, 4.69) is 0 Å². The molecule has 0 aromatic carbocycles. The molecule has 1 N–H and O–H groups in total. The third-order valence-corrected chi connectivity index (χ3v) is 2.00. The van der Waals surface area contributed by atoms with Gasteiger partial charge in [0.15, 0.2) is 0 Å². The van der Waals surface area contributed by atoms with E-state index in [1.807, 2.05) is 0 Å². The molecule has 0 aromatic rings. The van der Waals surface area contributed by atoms with Gasteiger partial charge in [-0.2, -0.15) is 22.0 Å². The van der Waals surface area contributed by atoms with E-state index >= 15 is 0 Å². The van der Waals surface area contributed by atoms with Gasteiger partial charge in [-0.25, -0.2) is 0 Å². The summed E-state index contributed by atoms with van der Waals surface area (Å²) >= 11 is 5.10. The number of hydrogen-bond acceptors (Lipinski definition) is 2. The molecule has 0 aliphatic heterocycles. The van der Waals surface area contributed by atoms with Crippen LogP contribution in [-0.2, 0) is 9.59 Å². The lowest BCUT2D eigenvalue weighted by molar-refractivity contribution is -0.270. The molecule has 17 heavy (non-hydrogen) atoms. The first-order chi connectivity index (χ1) is 7.52. The molecular weight excluding hydrogens is 273 g/mol. The number of rotatable bonds is 5. The van der Waals surface area contributed by atoms with Gasteiger partial charge >= 0.3 is 18.0 Å². The van der Waals surface area contributed by atoms with Crippen molar-refractivity contribution in [3.63, 3.8) is 0 Å². The number of hydrogen-bond donors (Lipinski definition) is 1. The number of alkyl halides is 6. The van der Waals surface area contributed by atoms with Crippen LogP contribution in [0.15, 0.2) is 0 Å². The van der Waals surface area contributed by atoms with E-state index in [0.29, 0.717) is 0 Å². The summed E-state index contributed by atoms with van der Waals surface area (Å²) in [6, 6.07) is -1.15. The first-order valence-corrected chi connectivity index (χ1v) is 4.89. The van der Waals surface area contributed by atoms with Gasteiger partial charge in [0.2, 0.25) is 0 Å². The van der Waals surface area contributed by atoms with Crippen LogP contribution >= 0.6 is 11.6 Å². The van der Waals surface area contributed by atoms with Crippen LogP contribution in [0.4, 0.5) is 22.0 Å². The van der Waals surface area contributed by atoms with E-state index in [4.69, 9.17) is 11.6 Å². The molecule has 0 rings (SSSR count). The highest BCUT2D eigenvalue weighted by Crippen LogP contribution is 2.35. The van der Waals surface area contributed by atoms with Gasteiger partial charge in [-0.15, -0.1) is 11.6 Å². The second kappa shape index (κ2) is 5.61. The van der Waals surface area contributed by atoms with Gasteiger partial charge in [-0.05, 0) is 6.92 Å². The topological polar surface area (TPSA) is 46.2 Å². The molecule has 0 aliphatic carbocycles. The van der Waals surface area contributed by atoms with Crippen LogP contribution in [0.1, 0.15) is 13.3 Å². The van der Waals surface area contributed by atoms with Crippen molar-refractivity contribution < 1.29 is 31.5 Å². The van der Waals surface area contributed by atoms with E-state index in [-0.39, 0.29) is 0 Å². The molecule has 1 unspecified atom stereocenters. The van der Waals surface area contributed by atoms with E-state index in [0.717, 1.165) is 6.92 Å². The molecule has 0 spiro atoms. The van der Waals surface area contributed by atoms with Crippen LogP contribution in [0.5, 0.6) is 0 Å². The molecule has 0 fully saturated rings. The maximum atomic E-state index is 12.5. The molecular formula is C8H9ClF5NO2. The van der Waals surface area contributed by atoms with E-state index in [9.17, 15) is 31.5 Å². The van der Waals surface area contributed by atoms with Crippen LogP contribution < -0.4 is 5.32 Å². The van der Waals surface area contributed by atoms with Gasteiger partial charge in [0.05, 0.1) is 5.88 Å². The normalized spacial score (nSPS) is 14.3. The SMILES string of the molecule is CC(CC(=O)CCl)NC(=O)C(F)(F)C(F)(F)F. The number of nitrogens with one attached hydrogen (secondary N) is 1. The first-order valence-electron chi connectivity index (χ1n) is 4.35. The van der Waals surface area contributed by atoms with Gasteiger partial charge in [-0.1, -0.05) is 0 Å². The molecule has 0 heterocycles. The second-order valence-corrected chi connectivity index (χ2v) is 3.59. The molecule has 0 bridgehead atoms. The highest BCUT2D eigenvalue weighted by Gasteiger charge is 2.63. The summed E-state index contributed by atoms with van der Waals surface area (Å²) in [4.78, 5) is 21.4. The monoisotopic (exact) mass is 281 g/mol. The maximum absolute atomic E-state index is 12.5. The molecule has 0 aliphatic rings. The Hall–Kier alpha value is -0.920. The Morgan fingerprint density at radius 1 is 1.24 bits per heavy atom. The summed E-state index contributed by atoms with van der Waals surface area (Å²) in [5.74, 6) is -8.95. The average Bonchev–Trinajstić information content (AvgIpc) is 2.15. The number of ketones is 1. The standard InChI is InChI=1S/C8H9ClF5NO2/c1-4(2-5(16)3-9)15-6(17)7(10,11)8(12,13)14/h4H,2-3H2,1H3,(H,15,17). The minimum Gasteiger partial charge on any atom is -0.348 e. The summed E-state index contributed by atoms with van der Waals surface area (Å²) in [5, 5.41) is 1.40. The Bertz CT molecular complexity index is 305. The van der Waals surface area contributed by atoms with Crippen LogP contribution in [0.3, 0.4) is 0 Å². The van der Waals surface area contributed by atoms with Crippen molar-refractivity contribution in [2.75, 3.05) is 5.88 Å². The van der Waals surface area contributed by atoms with Gasteiger partial charge in [0.1, 0.15) is 5.78 Å². The van der Waals surface area contributed by atoms with E-state index < -0.39 is 42.1 Å². The first kappa shape index (κ1) is 16.1. The highest BCUT2D eigenvalue weighted by molar-refractivity contribution is 6.27. The average molecular weight is 282 g/mol. The Labute approximate surface area is 98.3 Å². The quantitative estimate of drug-likeness (QED) is 0.618. The molecule has 0 radical (unpaired) electrons. The highest BCUT2D eigenvalue weighted by atomic mass is 35.5. The summed E-state index contributed by atoms with van der Waals surface area (Å²) < 4.78 is 60.2. The lowest BCUT2D eigenvalue weighted by Gasteiger charge is -2.21. The molecule has 3 nitrogen and oxygen atoms in total. The van der Waals surface area contributed by atoms with Crippen LogP contribution in [0.25, 0.3) is 0 Å². The van der Waals surface area contributed by atoms with Crippen molar-refractivity contribution in [2.24, 2.45) is 0 Å². The fourth-order valence-corrected chi connectivity index (χ4v) is 0.999. The van der Waals surface area contributed by atoms with Crippen LogP contribution in [-0.4, -0.2) is 35.7 Å². The number of carbonyl (C=O) groups is 2. The summed E-state index contributed by atoms with van der Waals surface area (Å²) in [6.45, 7) is 1.12. The molecule has 9 heteroatoms. The van der Waals surface area contributed by atoms with E-state index in [1.54, 1.807) is 0 Å². The zero-order valence-corrected chi connectivity index (χ0v) is 9.33. The lowest BCUT2D eigenvalue weighted by Crippen LogP contribution is -2.52. The largest absolute Gasteiger partial charge is 0.463 e. The van der Waals surface area contributed by atoms with Crippen molar-refractivity contribution in [1.82, 2.24) is 5.32 Å². The summed E-state index contributed by atoms with van der Waals surface area (Å²) in [6.07, 6.45) is -6.38. The van der Waals surface area contributed by atoms with Crippen molar-refractivity contribution >= 4 is 23.3 Å². The minimum atomic E-state index is -5.96. The third-order valence-electron chi connectivity index (χ3n) is 1.70. The molecule has 0 aromatic heterocycles. The number of amides is 1. The Morgan fingerprint density at radius 2 is 1.71 bits per heavy atom. The second-order valence-electron chi connectivity index (χ2n) is 3.32. The van der Waals surface area contributed by atoms with Crippen molar-refractivity contribution in [1.29, 1.82) is 0 Å². The van der Waals surface area contributed by atoms with Crippen LogP contribution in [0.2, 0.25) is 0 Å². The predicted molar refractivity (Wildman–Crippen MR) is 49.0 cm³/mol. The number of Topliss-reactive ketones (excluding diaryl/α,β-unsaturated/α-hetero) is 1.